The number of hydrogen-bond acceptors (Lipinski definition) is 4. The van der Waals surface area contributed by atoms with E-state index in [1.807, 2.05) is 6.07 Å². The summed E-state index contributed by atoms with van der Waals surface area (Å²) < 4.78 is 5.17. The van der Waals surface area contributed by atoms with Gasteiger partial charge in [-0.25, -0.2) is 0 Å². The molecular weight excluding hydrogens is 294 g/mol. The zero-order valence-electron chi connectivity index (χ0n) is 13.5. The molecule has 1 amide bonds. The Morgan fingerprint density at radius 2 is 2.04 bits per heavy atom. The van der Waals surface area contributed by atoms with Gasteiger partial charge in [0.25, 0.3) is 0 Å². The molecule has 0 bridgehead atoms. The van der Waals surface area contributed by atoms with Gasteiger partial charge >= 0.3 is 5.97 Å². The quantitative estimate of drug-likeness (QED) is 0.619. The monoisotopic (exact) mass is 313 g/mol. The number of anilines is 1. The average molecular weight is 313 g/mol. The van der Waals surface area contributed by atoms with Gasteiger partial charge in [-0.3, -0.25) is 14.4 Å². The Morgan fingerprint density at radius 3 is 2.74 bits per heavy atom. The summed E-state index contributed by atoms with van der Waals surface area (Å²) >= 11 is 0. The summed E-state index contributed by atoms with van der Waals surface area (Å²) in [5, 5.41) is 0. The Morgan fingerprint density at radius 1 is 1.35 bits per heavy atom. The van der Waals surface area contributed by atoms with Crippen LogP contribution in [0.3, 0.4) is 0 Å². The van der Waals surface area contributed by atoms with E-state index in [1.165, 1.54) is 11.0 Å². The number of ketones is 1. The van der Waals surface area contributed by atoms with E-state index in [9.17, 15) is 14.4 Å². The van der Waals surface area contributed by atoms with Crippen molar-refractivity contribution in [1.82, 2.24) is 0 Å². The lowest BCUT2D eigenvalue weighted by molar-refractivity contribution is -0.156. The molecule has 1 spiro atoms. The lowest BCUT2D eigenvalue weighted by Crippen LogP contribution is -2.54. The van der Waals surface area contributed by atoms with Crippen molar-refractivity contribution in [1.29, 1.82) is 0 Å². The molecule has 5 heteroatoms. The molecule has 1 aromatic rings. The molecular formula is C18H19NO4. The molecule has 1 aliphatic heterocycles. The van der Waals surface area contributed by atoms with E-state index < -0.39 is 17.3 Å². The number of para-hydroxylation sites is 1. The van der Waals surface area contributed by atoms with Crippen molar-refractivity contribution >= 4 is 23.3 Å². The van der Waals surface area contributed by atoms with E-state index in [4.69, 9.17) is 4.74 Å². The van der Waals surface area contributed by atoms with Crippen molar-refractivity contribution in [3.8, 4) is 0 Å². The molecule has 23 heavy (non-hydrogen) atoms. The number of carbonyl (C=O) groups is 3. The standard InChI is InChI=1S/C18H19NO4/c1-4-23-16(21)13-9-11(2)10-15(20)18(13)12-7-5-6-8-14(12)19(3)17(18)22/h5-8,10,13H,4,9H2,1-3H3/t13-,18-/m0/s1. The molecule has 1 heterocycles. The normalized spacial score (nSPS) is 26.3. The van der Waals surface area contributed by atoms with Crippen LogP contribution in [0.2, 0.25) is 0 Å². The molecule has 5 nitrogen and oxygen atoms in total. The molecule has 2 atom stereocenters. The summed E-state index contributed by atoms with van der Waals surface area (Å²) in [7, 11) is 1.64. The highest BCUT2D eigenvalue weighted by Crippen LogP contribution is 2.50. The van der Waals surface area contributed by atoms with Gasteiger partial charge in [-0.1, -0.05) is 23.8 Å². The van der Waals surface area contributed by atoms with E-state index in [-0.39, 0.29) is 18.3 Å². The lowest BCUT2D eigenvalue weighted by atomic mass is 9.63. The maximum absolute atomic E-state index is 13.0. The molecule has 1 aromatic carbocycles. The molecule has 120 valence electrons. The fourth-order valence-electron chi connectivity index (χ4n) is 3.71. The number of amides is 1. The van der Waals surface area contributed by atoms with Crippen LogP contribution >= 0.6 is 0 Å². The van der Waals surface area contributed by atoms with Crippen LogP contribution in [0.25, 0.3) is 0 Å². The van der Waals surface area contributed by atoms with Gasteiger partial charge in [-0.15, -0.1) is 0 Å². The Balaban J connectivity index is 2.26. The number of ether oxygens (including phenoxy) is 1. The number of hydrogen-bond donors (Lipinski definition) is 0. The predicted molar refractivity (Wildman–Crippen MR) is 85.0 cm³/mol. The fraction of sp³-hybridized carbons (Fsp3) is 0.389. The lowest BCUT2D eigenvalue weighted by Gasteiger charge is -2.36. The molecule has 3 rings (SSSR count). The van der Waals surface area contributed by atoms with E-state index in [1.54, 1.807) is 39.1 Å². The number of benzene rings is 1. The second-order valence-electron chi connectivity index (χ2n) is 6.05. The van der Waals surface area contributed by atoms with Crippen molar-refractivity contribution in [2.75, 3.05) is 18.6 Å². The first kappa shape index (κ1) is 15.5. The van der Waals surface area contributed by atoms with Crippen LogP contribution in [-0.2, 0) is 24.5 Å². The summed E-state index contributed by atoms with van der Waals surface area (Å²) in [6.07, 6.45) is 1.84. The Kier molecular flexibility index (Phi) is 3.59. The smallest absolute Gasteiger partial charge is 0.311 e. The Hall–Kier alpha value is -2.43. The van der Waals surface area contributed by atoms with E-state index in [0.29, 0.717) is 17.7 Å². The highest BCUT2D eigenvalue weighted by molar-refractivity contribution is 6.27. The zero-order chi connectivity index (χ0) is 16.8. The second-order valence-corrected chi connectivity index (χ2v) is 6.05. The first-order valence-electron chi connectivity index (χ1n) is 7.70. The van der Waals surface area contributed by atoms with Gasteiger partial charge in [0.15, 0.2) is 11.2 Å². The largest absolute Gasteiger partial charge is 0.466 e. The number of esters is 1. The first-order valence-corrected chi connectivity index (χ1v) is 7.70. The molecule has 0 fully saturated rings. The minimum Gasteiger partial charge on any atom is -0.466 e. The molecule has 2 aliphatic rings. The summed E-state index contributed by atoms with van der Waals surface area (Å²) in [6, 6.07) is 7.15. The molecule has 0 aromatic heterocycles. The first-order chi connectivity index (χ1) is 10.9. The molecule has 0 saturated carbocycles. The number of allylic oxidation sites excluding steroid dienone is 2. The van der Waals surface area contributed by atoms with Gasteiger partial charge in [0.05, 0.1) is 12.5 Å². The number of nitrogens with zero attached hydrogens (tertiary/aromatic N) is 1. The van der Waals surface area contributed by atoms with Crippen LogP contribution in [0.4, 0.5) is 5.69 Å². The number of fused-ring (bicyclic) bond motifs is 2. The number of likely N-dealkylation sites (N-methyl/N-ethyl adjacent to an activating group) is 1. The van der Waals surface area contributed by atoms with Crippen molar-refractivity contribution in [3.63, 3.8) is 0 Å². The van der Waals surface area contributed by atoms with Gasteiger partial charge < -0.3 is 9.64 Å². The van der Waals surface area contributed by atoms with Crippen LogP contribution < -0.4 is 4.90 Å². The van der Waals surface area contributed by atoms with Gasteiger partial charge in [-0.05, 0) is 32.4 Å². The highest BCUT2D eigenvalue weighted by Gasteiger charge is 2.62. The van der Waals surface area contributed by atoms with E-state index >= 15 is 0 Å². The van der Waals surface area contributed by atoms with Crippen LogP contribution in [0.5, 0.6) is 0 Å². The van der Waals surface area contributed by atoms with Crippen LogP contribution in [0.1, 0.15) is 25.8 Å². The zero-order valence-corrected chi connectivity index (χ0v) is 13.5. The van der Waals surface area contributed by atoms with Crippen molar-refractivity contribution < 1.29 is 19.1 Å². The molecule has 1 aliphatic carbocycles. The van der Waals surface area contributed by atoms with Crippen molar-refractivity contribution in [2.24, 2.45) is 5.92 Å². The topological polar surface area (TPSA) is 63.7 Å². The van der Waals surface area contributed by atoms with Gasteiger partial charge in [0, 0.05) is 18.3 Å². The third-order valence-electron chi connectivity index (χ3n) is 4.72. The molecule has 0 unspecified atom stereocenters. The number of rotatable bonds is 2. The third-order valence-corrected chi connectivity index (χ3v) is 4.72. The second kappa shape index (κ2) is 5.33. The average Bonchev–Trinajstić information content (AvgIpc) is 2.74. The van der Waals surface area contributed by atoms with Crippen molar-refractivity contribution in [3.05, 3.63) is 41.5 Å². The molecule has 0 radical (unpaired) electrons. The summed E-state index contributed by atoms with van der Waals surface area (Å²) in [5.41, 5.74) is 0.572. The van der Waals surface area contributed by atoms with Crippen LogP contribution in [0.15, 0.2) is 35.9 Å². The summed E-state index contributed by atoms with van der Waals surface area (Å²) in [6.45, 7) is 3.73. The maximum Gasteiger partial charge on any atom is 0.311 e. The molecule has 0 saturated heterocycles. The van der Waals surface area contributed by atoms with Gasteiger partial charge in [0.2, 0.25) is 5.91 Å². The predicted octanol–water partition coefficient (Wildman–Crippen LogP) is 2.00. The highest BCUT2D eigenvalue weighted by atomic mass is 16.5. The maximum atomic E-state index is 13.0. The van der Waals surface area contributed by atoms with Crippen molar-refractivity contribution in [2.45, 2.75) is 25.7 Å². The van der Waals surface area contributed by atoms with Crippen LogP contribution in [-0.4, -0.2) is 31.3 Å². The van der Waals surface area contributed by atoms with Gasteiger partial charge in [0.1, 0.15) is 0 Å². The summed E-state index contributed by atoms with van der Waals surface area (Å²) in [4.78, 5) is 40.0. The van der Waals surface area contributed by atoms with Crippen LogP contribution in [0, 0.1) is 5.92 Å². The number of carbonyl (C=O) groups excluding carboxylic acids is 3. The SMILES string of the molecule is CCOC(=O)[C@@H]1CC(C)=CC(=O)[C@@]12C(=O)N(C)c1ccccc12. The Bertz CT molecular complexity index is 736. The fourth-order valence-corrected chi connectivity index (χ4v) is 3.71. The Labute approximate surface area is 134 Å². The van der Waals surface area contributed by atoms with E-state index in [0.717, 1.165) is 5.57 Å². The summed E-state index contributed by atoms with van der Waals surface area (Å²) in [5.74, 6) is -2.00. The molecule has 0 N–H and O–H groups in total. The van der Waals surface area contributed by atoms with E-state index in [2.05, 4.69) is 0 Å². The third kappa shape index (κ3) is 1.96. The minimum atomic E-state index is -1.49. The van der Waals surface area contributed by atoms with Gasteiger partial charge in [-0.2, -0.15) is 0 Å². The minimum absolute atomic E-state index is 0.216.